The van der Waals surface area contributed by atoms with Crippen molar-refractivity contribution >= 4 is 12.1 Å². The van der Waals surface area contributed by atoms with E-state index in [1.54, 1.807) is 0 Å². The smallest absolute Gasteiger partial charge is 0.407 e. The van der Waals surface area contributed by atoms with Gasteiger partial charge in [0.15, 0.2) is 5.96 Å². The summed E-state index contributed by atoms with van der Waals surface area (Å²) in [7, 11) is 0. The van der Waals surface area contributed by atoms with E-state index in [9.17, 15) is 18.0 Å². The van der Waals surface area contributed by atoms with Gasteiger partial charge in [-0.05, 0) is 53.4 Å². The van der Waals surface area contributed by atoms with Crippen LogP contribution in [-0.4, -0.2) is 49.0 Å². The van der Waals surface area contributed by atoms with Crippen molar-refractivity contribution in [2.45, 2.75) is 83.7 Å². The Morgan fingerprint density at radius 2 is 1.62 bits per heavy atom. The van der Waals surface area contributed by atoms with Gasteiger partial charge in [0.05, 0.1) is 13.0 Å². The minimum Gasteiger partial charge on any atom is -0.444 e. The molecule has 0 spiro atoms. The number of carbonyl (C=O) groups is 1. The second-order valence-electron chi connectivity index (χ2n) is 7.46. The molecule has 0 atom stereocenters. The average Bonchev–Trinajstić information content (AvgIpc) is 2.46. The monoisotopic (exact) mass is 380 g/mol. The molecule has 9 heteroatoms. The van der Waals surface area contributed by atoms with Crippen LogP contribution < -0.4 is 16.0 Å². The highest BCUT2D eigenvalue weighted by Crippen LogP contribution is 2.20. The van der Waals surface area contributed by atoms with Gasteiger partial charge in [-0.15, -0.1) is 0 Å². The van der Waals surface area contributed by atoms with Gasteiger partial charge in [0, 0.05) is 18.6 Å². The summed E-state index contributed by atoms with van der Waals surface area (Å²) in [6, 6.07) is 0.169. The standard InChI is InChI=1S/C17H31F3N4O2/c1-5-21-14(22-11-10-17(18,19)20)23-12-6-8-13(9-7-12)24-15(25)26-16(2,3)4/h12-13H,5-11H2,1-4H3,(H,24,25)(H2,21,22,23). The molecule has 0 heterocycles. The van der Waals surface area contributed by atoms with Gasteiger partial charge in [0.25, 0.3) is 0 Å². The van der Waals surface area contributed by atoms with Crippen LogP contribution in [0.15, 0.2) is 4.99 Å². The number of halogens is 3. The van der Waals surface area contributed by atoms with Crippen LogP contribution in [0.2, 0.25) is 0 Å². The molecule has 1 fully saturated rings. The number of ether oxygens (including phenoxy) is 1. The molecule has 0 aromatic rings. The molecule has 3 N–H and O–H groups in total. The van der Waals surface area contributed by atoms with Gasteiger partial charge >= 0.3 is 12.3 Å². The number of carbonyl (C=O) groups excluding carboxylic acids is 1. The third-order valence-corrected chi connectivity index (χ3v) is 3.80. The quantitative estimate of drug-likeness (QED) is 0.505. The molecule has 26 heavy (non-hydrogen) atoms. The van der Waals surface area contributed by atoms with Gasteiger partial charge in [0.1, 0.15) is 5.60 Å². The van der Waals surface area contributed by atoms with Gasteiger partial charge < -0.3 is 20.7 Å². The maximum absolute atomic E-state index is 12.2. The van der Waals surface area contributed by atoms with Crippen LogP contribution in [0.25, 0.3) is 0 Å². The van der Waals surface area contributed by atoms with Crippen molar-refractivity contribution in [2.24, 2.45) is 4.99 Å². The van der Waals surface area contributed by atoms with Crippen LogP contribution in [0.3, 0.4) is 0 Å². The molecular formula is C17H31F3N4O2. The molecule has 0 radical (unpaired) electrons. The molecule has 0 bridgehead atoms. The molecule has 1 rings (SSSR count). The lowest BCUT2D eigenvalue weighted by Gasteiger charge is -2.31. The lowest BCUT2D eigenvalue weighted by atomic mass is 9.91. The third kappa shape index (κ3) is 10.4. The summed E-state index contributed by atoms with van der Waals surface area (Å²) in [4.78, 5) is 15.8. The van der Waals surface area contributed by atoms with Gasteiger partial charge in [-0.2, -0.15) is 13.2 Å². The summed E-state index contributed by atoms with van der Waals surface area (Å²) in [5.74, 6) is 0.403. The van der Waals surface area contributed by atoms with Crippen molar-refractivity contribution in [1.29, 1.82) is 0 Å². The summed E-state index contributed by atoms with van der Waals surface area (Å²) in [6.45, 7) is 7.58. The molecule has 1 amide bonds. The molecule has 0 aromatic carbocycles. The fourth-order valence-corrected chi connectivity index (χ4v) is 2.66. The fourth-order valence-electron chi connectivity index (χ4n) is 2.66. The Morgan fingerprint density at radius 3 is 2.08 bits per heavy atom. The summed E-state index contributed by atoms with van der Waals surface area (Å²) in [5, 5.41) is 9.02. The molecule has 0 aliphatic heterocycles. The zero-order valence-electron chi connectivity index (χ0n) is 16.0. The maximum atomic E-state index is 12.2. The number of alkyl carbamates (subject to hydrolysis) is 1. The summed E-state index contributed by atoms with van der Waals surface area (Å²) >= 11 is 0. The Bertz CT molecular complexity index is 468. The second kappa shape index (κ2) is 9.87. The minimum absolute atomic E-state index is 0.0488. The molecule has 0 aromatic heterocycles. The fraction of sp³-hybridized carbons (Fsp3) is 0.882. The van der Waals surface area contributed by atoms with Crippen molar-refractivity contribution in [1.82, 2.24) is 16.0 Å². The summed E-state index contributed by atoms with van der Waals surface area (Å²) in [6.07, 6.45) is -2.41. The zero-order valence-corrected chi connectivity index (χ0v) is 16.0. The summed E-state index contributed by atoms with van der Waals surface area (Å²) < 4.78 is 42.0. The Kier molecular flexibility index (Phi) is 8.49. The highest BCUT2D eigenvalue weighted by molar-refractivity contribution is 5.80. The van der Waals surface area contributed by atoms with Crippen molar-refractivity contribution in [3.05, 3.63) is 0 Å². The van der Waals surface area contributed by atoms with Crippen LogP contribution in [0.5, 0.6) is 0 Å². The van der Waals surface area contributed by atoms with Crippen LogP contribution in [-0.2, 0) is 4.74 Å². The van der Waals surface area contributed by atoms with E-state index in [2.05, 4.69) is 20.9 Å². The minimum atomic E-state index is -4.20. The highest BCUT2D eigenvalue weighted by Gasteiger charge is 2.27. The lowest BCUT2D eigenvalue weighted by molar-refractivity contribution is -0.132. The van der Waals surface area contributed by atoms with E-state index < -0.39 is 24.3 Å². The predicted octanol–water partition coefficient (Wildman–Crippen LogP) is 3.33. The lowest BCUT2D eigenvalue weighted by Crippen LogP contribution is -2.48. The highest BCUT2D eigenvalue weighted by atomic mass is 19.4. The molecular weight excluding hydrogens is 349 g/mol. The average molecular weight is 380 g/mol. The van der Waals surface area contributed by atoms with E-state index in [4.69, 9.17) is 4.74 Å². The van der Waals surface area contributed by atoms with E-state index in [1.165, 1.54) is 0 Å². The number of hydrogen-bond acceptors (Lipinski definition) is 3. The number of nitrogens with zero attached hydrogens (tertiary/aromatic N) is 1. The van der Waals surface area contributed by atoms with E-state index in [-0.39, 0.29) is 18.6 Å². The van der Waals surface area contributed by atoms with Gasteiger partial charge in [-0.1, -0.05) is 0 Å². The number of alkyl halides is 3. The first-order chi connectivity index (χ1) is 12.0. The summed E-state index contributed by atoms with van der Waals surface area (Å²) in [5.41, 5.74) is -0.531. The largest absolute Gasteiger partial charge is 0.444 e. The third-order valence-electron chi connectivity index (χ3n) is 3.80. The van der Waals surface area contributed by atoms with Crippen molar-refractivity contribution in [3.8, 4) is 0 Å². The Hall–Kier alpha value is -1.67. The Balaban J connectivity index is 2.40. The number of nitrogens with one attached hydrogen (secondary N) is 3. The zero-order chi connectivity index (χ0) is 19.8. The first-order valence-corrected chi connectivity index (χ1v) is 9.09. The number of rotatable bonds is 5. The number of aliphatic imine (C=N–C) groups is 1. The molecule has 1 aliphatic rings. The van der Waals surface area contributed by atoms with Gasteiger partial charge in [0.2, 0.25) is 0 Å². The van der Waals surface area contributed by atoms with Crippen LogP contribution >= 0.6 is 0 Å². The number of amides is 1. The predicted molar refractivity (Wildman–Crippen MR) is 95.2 cm³/mol. The number of hydrogen-bond donors (Lipinski definition) is 3. The maximum Gasteiger partial charge on any atom is 0.407 e. The van der Waals surface area contributed by atoms with Crippen molar-refractivity contribution in [2.75, 3.05) is 13.1 Å². The first-order valence-electron chi connectivity index (χ1n) is 9.09. The molecule has 1 aliphatic carbocycles. The first kappa shape index (κ1) is 22.4. The van der Waals surface area contributed by atoms with Gasteiger partial charge in [-0.25, -0.2) is 4.79 Å². The van der Waals surface area contributed by atoms with Crippen LogP contribution in [0.1, 0.15) is 59.8 Å². The van der Waals surface area contributed by atoms with Gasteiger partial charge in [-0.3, -0.25) is 4.99 Å². The van der Waals surface area contributed by atoms with Crippen molar-refractivity contribution < 1.29 is 22.7 Å². The number of guanidine groups is 1. The molecule has 0 unspecified atom stereocenters. The van der Waals surface area contributed by atoms with E-state index >= 15 is 0 Å². The molecule has 1 saturated carbocycles. The van der Waals surface area contributed by atoms with Crippen LogP contribution in [0.4, 0.5) is 18.0 Å². The molecule has 6 nitrogen and oxygen atoms in total. The Morgan fingerprint density at radius 1 is 1.08 bits per heavy atom. The van der Waals surface area contributed by atoms with Crippen molar-refractivity contribution in [3.63, 3.8) is 0 Å². The SMILES string of the molecule is CCNC(=NCCC(F)(F)F)NC1CCC(NC(=O)OC(C)(C)C)CC1. The molecule has 0 saturated heterocycles. The van der Waals surface area contributed by atoms with E-state index in [0.29, 0.717) is 12.5 Å². The Labute approximate surface area is 153 Å². The molecule has 152 valence electrons. The van der Waals surface area contributed by atoms with E-state index in [1.807, 2.05) is 27.7 Å². The van der Waals surface area contributed by atoms with E-state index in [0.717, 1.165) is 25.7 Å². The topological polar surface area (TPSA) is 74.8 Å². The van der Waals surface area contributed by atoms with Crippen LogP contribution in [0, 0.1) is 0 Å². The second-order valence-corrected chi connectivity index (χ2v) is 7.46. The normalized spacial score (nSPS) is 21.9.